The van der Waals surface area contributed by atoms with E-state index in [0.717, 1.165) is 21.2 Å². The summed E-state index contributed by atoms with van der Waals surface area (Å²) in [5.41, 5.74) is 2.95. The Kier molecular flexibility index (Phi) is 7.57. The summed E-state index contributed by atoms with van der Waals surface area (Å²) in [6.07, 6.45) is -0.0196. The van der Waals surface area contributed by atoms with Gasteiger partial charge in [0.05, 0.1) is 28.4 Å². The van der Waals surface area contributed by atoms with E-state index in [2.05, 4.69) is 11.4 Å². The van der Waals surface area contributed by atoms with Gasteiger partial charge >= 0.3 is 5.69 Å². The molecule has 0 aliphatic carbocycles. The predicted molar refractivity (Wildman–Crippen MR) is 160 cm³/mol. The van der Waals surface area contributed by atoms with Crippen molar-refractivity contribution in [2.24, 2.45) is 0 Å². The van der Waals surface area contributed by atoms with Gasteiger partial charge in [0, 0.05) is 23.1 Å². The highest BCUT2D eigenvalue weighted by Crippen LogP contribution is 2.31. The molecule has 10 heteroatoms. The molecule has 1 atom stereocenters. The predicted octanol–water partition coefficient (Wildman–Crippen LogP) is 5.22. The molecule has 1 amide bonds. The average Bonchev–Trinajstić information content (AvgIpc) is 3.46. The fourth-order valence-electron chi connectivity index (χ4n) is 5.12. The van der Waals surface area contributed by atoms with Gasteiger partial charge in [-0.1, -0.05) is 36.4 Å². The van der Waals surface area contributed by atoms with Gasteiger partial charge in [-0.05, 0) is 67.6 Å². The molecule has 0 aliphatic rings. The Labute approximate surface area is 236 Å². The Morgan fingerprint density at radius 3 is 2.42 bits per heavy atom. The molecule has 8 nitrogen and oxygen atoms in total. The van der Waals surface area contributed by atoms with Crippen LogP contribution in [-0.4, -0.2) is 40.4 Å². The zero-order valence-corrected chi connectivity index (χ0v) is 24.1. The van der Waals surface area contributed by atoms with Crippen molar-refractivity contribution in [1.82, 2.24) is 14.5 Å². The first kappa shape index (κ1) is 27.7. The number of phenols is 1. The zero-order chi connectivity index (χ0) is 28.6. The van der Waals surface area contributed by atoms with Crippen molar-refractivity contribution in [2.75, 3.05) is 6.54 Å². The number of benzene rings is 3. The highest BCUT2D eigenvalue weighted by atomic mass is 32.2. The molecular weight excluding hydrogens is 546 g/mol. The molecule has 0 saturated carbocycles. The van der Waals surface area contributed by atoms with Crippen molar-refractivity contribution >= 4 is 48.2 Å². The topological polar surface area (TPSA) is 110 Å². The molecule has 2 heterocycles. The zero-order valence-electron chi connectivity index (χ0n) is 22.5. The maximum absolute atomic E-state index is 14.1. The number of aromatic nitrogens is 2. The molecule has 0 radical (unpaired) electrons. The number of nitrogens with one attached hydrogen (secondary N) is 1. The lowest BCUT2D eigenvalue weighted by atomic mass is 10.1. The van der Waals surface area contributed by atoms with Crippen molar-refractivity contribution in [2.45, 2.75) is 44.4 Å². The second kappa shape index (κ2) is 10.9. The minimum Gasteiger partial charge on any atom is -0.507 e. The van der Waals surface area contributed by atoms with Gasteiger partial charge in [0.2, 0.25) is 0 Å². The number of thiophene rings is 1. The number of para-hydroxylation sites is 3. The lowest BCUT2D eigenvalue weighted by Gasteiger charge is -2.22. The molecule has 0 saturated heterocycles. The minimum atomic E-state index is -3.82. The Hall–Kier alpha value is -3.89. The maximum Gasteiger partial charge on any atom is 0.330 e. The van der Waals surface area contributed by atoms with E-state index in [0.29, 0.717) is 17.6 Å². The second-order valence-corrected chi connectivity index (χ2v) is 13.7. The van der Waals surface area contributed by atoms with Crippen LogP contribution in [0.4, 0.5) is 0 Å². The van der Waals surface area contributed by atoms with E-state index in [-0.39, 0.29) is 24.3 Å². The number of carbonyl (C=O) groups is 1. The summed E-state index contributed by atoms with van der Waals surface area (Å²) in [5, 5.41) is 13.9. The third-order valence-corrected chi connectivity index (χ3v) is 10.7. The van der Waals surface area contributed by atoms with E-state index in [1.54, 1.807) is 54.0 Å². The smallest absolute Gasteiger partial charge is 0.330 e. The average molecular weight is 578 g/mol. The number of hydrogen-bond donors (Lipinski definition) is 2. The molecular formula is C30H31N3O5S2. The summed E-state index contributed by atoms with van der Waals surface area (Å²) in [6, 6.07) is 19.4. The number of carbonyl (C=O) groups excluding carboxylic acids is 1. The molecule has 2 aromatic heterocycles. The van der Waals surface area contributed by atoms with Crippen LogP contribution in [-0.2, 0) is 16.4 Å². The third kappa shape index (κ3) is 4.93. The van der Waals surface area contributed by atoms with Gasteiger partial charge in [-0.3, -0.25) is 13.9 Å². The monoisotopic (exact) mass is 577 g/mol. The van der Waals surface area contributed by atoms with Gasteiger partial charge in [0.15, 0.2) is 9.84 Å². The van der Waals surface area contributed by atoms with Crippen molar-refractivity contribution < 1.29 is 18.3 Å². The summed E-state index contributed by atoms with van der Waals surface area (Å²) < 4.78 is 31.4. The number of phenolic OH excluding ortho intramolecular Hbond substituents is 1. The molecule has 0 fully saturated rings. The summed E-state index contributed by atoms with van der Waals surface area (Å²) in [4.78, 5) is 26.7. The van der Waals surface area contributed by atoms with E-state index < -0.39 is 32.1 Å². The van der Waals surface area contributed by atoms with Crippen LogP contribution in [0.2, 0.25) is 0 Å². The number of nitrogens with zero attached hydrogens (tertiary/aromatic N) is 2. The van der Waals surface area contributed by atoms with Crippen LogP contribution in [0, 0.1) is 6.92 Å². The number of sulfone groups is 1. The summed E-state index contributed by atoms with van der Waals surface area (Å²) in [6.45, 7) is 5.51. The number of imidazole rings is 1. The van der Waals surface area contributed by atoms with E-state index in [1.807, 2.05) is 36.6 Å². The molecule has 5 aromatic rings. The van der Waals surface area contributed by atoms with Crippen LogP contribution in [0.3, 0.4) is 0 Å². The van der Waals surface area contributed by atoms with Gasteiger partial charge in [0.25, 0.3) is 5.91 Å². The van der Waals surface area contributed by atoms with Crippen molar-refractivity contribution in [3.63, 3.8) is 0 Å². The van der Waals surface area contributed by atoms with Crippen LogP contribution in [0.15, 0.2) is 76.9 Å². The summed E-state index contributed by atoms with van der Waals surface area (Å²) in [5.74, 6) is -0.685. The maximum atomic E-state index is 14.1. The first-order chi connectivity index (χ1) is 19.1. The minimum absolute atomic E-state index is 0.00983. The van der Waals surface area contributed by atoms with E-state index >= 15 is 0 Å². The first-order valence-corrected chi connectivity index (χ1v) is 15.5. The Morgan fingerprint density at radius 1 is 1.00 bits per heavy atom. The van der Waals surface area contributed by atoms with Crippen molar-refractivity contribution in [3.8, 4) is 5.75 Å². The van der Waals surface area contributed by atoms with Gasteiger partial charge in [-0.15, -0.1) is 11.3 Å². The Morgan fingerprint density at radius 2 is 1.70 bits per heavy atom. The molecule has 0 bridgehead atoms. The number of fused-ring (bicyclic) bond motifs is 2. The lowest BCUT2D eigenvalue weighted by molar-refractivity contribution is 0.0949. The van der Waals surface area contributed by atoms with Crippen LogP contribution >= 0.6 is 11.3 Å². The third-order valence-electron chi connectivity index (χ3n) is 7.23. The van der Waals surface area contributed by atoms with Gasteiger partial charge in [-0.25, -0.2) is 13.2 Å². The van der Waals surface area contributed by atoms with E-state index in [4.69, 9.17) is 0 Å². The van der Waals surface area contributed by atoms with Crippen LogP contribution < -0.4 is 11.0 Å². The first-order valence-electron chi connectivity index (χ1n) is 13.1. The number of hydrogen-bond acceptors (Lipinski definition) is 6. The standard InChI is InChI=1S/C30H31N3O5S2/c1-19(2)40(37,38)27(15-16-31-29(35)22-10-4-7-13-25(22)34)33-24-12-6-5-11-23(24)32(30(33)36)17-21-18-39-26-14-8-9-20(3)28(21)26/h4-14,18-19,27,34H,15-17H2,1-3H3,(H,31,35). The van der Waals surface area contributed by atoms with Gasteiger partial charge in [0.1, 0.15) is 11.1 Å². The number of aromatic hydroxyl groups is 1. The fourth-order valence-corrected chi connectivity index (χ4v) is 7.72. The summed E-state index contributed by atoms with van der Waals surface area (Å²) in [7, 11) is -3.82. The quantitative estimate of drug-likeness (QED) is 0.250. The fraction of sp³-hybridized carbons (Fsp3) is 0.267. The number of amides is 1. The van der Waals surface area contributed by atoms with Crippen LogP contribution in [0.5, 0.6) is 5.75 Å². The highest BCUT2D eigenvalue weighted by Gasteiger charge is 2.34. The van der Waals surface area contributed by atoms with E-state index in [9.17, 15) is 23.1 Å². The molecule has 2 N–H and O–H groups in total. The SMILES string of the molecule is Cc1cccc2scc(Cn3c(=O)n(C(CCNC(=O)c4ccccc4O)S(=O)(=O)C(C)C)c4ccccc43)c12. The van der Waals surface area contributed by atoms with Gasteiger partial charge < -0.3 is 10.4 Å². The van der Waals surface area contributed by atoms with Crippen LogP contribution in [0.1, 0.15) is 47.1 Å². The molecule has 208 valence electrons. The number of rotatable bonds is 9. The van der Waals surface area contributed by atoms with Gasteiger partial charge in [-0.2, -0.15) is 0 Å². The molecule has 1 unspecified atom stereocenters. The second-order valence-electron chi connectivity index (χ2n) is 10.1. The molecule has 40 heavy (non-hydrogen) atoms. The molecule has 0 aliphatic heterocycles. The largest absolute Gasteiger partial charge is 0.507 e. The molecule has 3 aromatic carbocycles. The normalized spacial score (nSPS) is 12.8. The Balaban J connectivity index is 1.55. The van der Waals surface area contributed by atoms with E-state index in [1.165, 1.54) is 16.7 Å². The number of aryl methyl sites for hydroxylation is 1. The van der Waals surface area contributed by atoms with Crippen LogP contribution in [0.25, 0.3) is 21.1 Å². The highest BCUT2D eigenvalue weighted by molar-refractivity contribution is 7.92. The van der Waals surface area contributed by atoms with Crippen molar-refractivity contribution in [1.29, 1.82) is 0 Å². The van der Waals surface area contributed by atoms with Crippen molar-refractivity contribution in [3.05, 3.63) is 99.3 Å². The lowest BCUT2D eigenvalue weighted by Crippen LogP contribution is -2.37. The molecule has 0 spiro atoms. The molecule has 5 rings (SSSR count). The Bertz CT molecular complexity index is 1880. The summed E-state index contributed by atoms with van der Waals surface area (Å²) >= 11 is 1.62.